The fourth-order valence-electron chi connectivity index (χ4n) is 3.07. The predicted molar refractivity (Wildman–Crippen MR) is 108 cm³/mol. The van der Waals surface area contributed by atoms with Crippen LogP contribution in [0.5, 0.6) is 0 Å². The topological polar surface area (TPSA) is 41.3 Å². The smallest absolute Gasteiger partial charge is 0.125 e. The molecule has 3 rings (SSSR count). The average Bonchev–Trinajstić information content (AvgIpc) is 2.62. The molecule has 0 atom stereocenters. The molecule has 3 N–H and O–H groups in total. The molecule has 0 aliphatic carbocycles. The summed E-state index contributed by atoms with van der Waals surface area (Å²) < 4.78 is 25.8. The molecule has 2 aromatic rings. The van der Waals surface area contributed by atoms with E-state index in [1.54, 1.807) is 12.1 Å². The number of benzene rings is 2. The largest absolute Gasteiger partial charge is 0.386 e. The van der Waals surface area contributed by atoms with Crippen LogP contribution in [-0.4, -0.2) is 18.0 Å². The summed E-state index contributed by atoms with van der Waals surface area (Å²) in [5, 5.41) is 2.76. The number of anilines is 1. The molecule has 1 saturated heterocycles. The first kappa shape index (κ1) is 20.9. The third-order valence-corrected chi connectivity index (χ3v) is 4.65. The van der Waals surface area contributed by atoms with E-state index in [0.29, 0.717) is 11.5 Å². The van der Waals surface area contributed by atoms with Crippen molar-refractivity contribution >= 4 is 5.69 Å². The van der Waals surface area contributed by atoms with Crippen LogP contribution >= 0.6 is 0 Å². The summed E-state index contributed by atoms with van der Waals surface area (Å²) in [6.07, 6.45) is 3.92. The third kappa shape index (κ3) is 7.02. The summed E-state index contributed by atoms with van der Waals surface area (Å²) >= 11 is 0. The van der Waals surface area contributed by atoms with E-state index in [0.717, 1.165) is 30.8 Å². The van der Waals surface area contributed by atoms with E-state index in [2.05, 4.69) is 23.7 Å². The minimum atomic E-state index is -0.288. The second-order valence-corrected chi connectivity index (χ2v) is 7.02. The molecule has 0 aromatic heterocycles. The first-order valence-corrected chi connectivity index (χ1v) is 9.30. The van der Waals surface area contributed by atoms with Gasteiger partial charge in [0.25, 0.3) is 0 Å². The van der Waals surface area contributed by atoms with Crippen LogP contribution in [0, 0.1) is 25.5 Å². The molecule has 0 unspecified atom stereocenters. The highest BCUT2D eigenvalue weighted by molar-refractivity contribution is 5.53. The summed E-state index contributed by atoms with van der Waals surface area (Å²) in [6.45, 7) is 10.6. The Hall–Kier alpha value is -2.40. The molecule has 0 amide bonds. The van der Waals surface area contributed by atoms with E-state index in [1.807, 2.05) is 13.0 Å². The van der Waals surface area contributed by atoms with Crippen molar-refractivity contribution in [3.05, 3.63) is 77.1 Å². The Labute approximate surface area is 160 Å². The van der Waals surface area contributed by atoms with Crippen molar-refractivity contribution in [3.8, 4) is 0 Å². The van der Waals surface area contributed by atoms with Crippen molar-refractivity contribution in [2.24, 2.45) is 5.73 Å². The molecular weight excluding hydrogens is 344 g/mol. The number of nitrogens with one attached hydrogen (secondary N) is 1. The molecule has 0 saturated carbocycles. The van der Waals surface area contributed by atoms with Crippen LogP contribution in [0.3, 0.4) is 0 Å². The van der Waals surface area contributed by atoms with Gasteiger partial charge < -0.3 is 11.1 Å². The average molecular weight is 373 g/mol. The Morgan fingerprint density at radius 1 is 1.00 bits per heavy atom. The number of likely N-dealkylation sites (tertiary alicyclic amines) is 1. The van der Waals surface area contributed by atoms with Gasteiger partial charge in [0.1, 0.15) is 11.6 Å². The lowest BCUT2D eigenvalue weighted by Gasteiger charge is -2.27. The second-order valence-electron chi connectivity index (χ2n) is 7.02. The van der Waals surface area contributed by atoms with Crippen LogP contribution in [0.25, 0.3) is 0 Å². The van der Waals surface area contributed by atoms with E-state index >= 15 is 0 Å². The van der Waals surface area contributed by atoms with Crippen LogP contribution < -0.4 is 11.1 Å². The number of nitrogens with zero attached hydrogens (tertiary/aromatic N) is 1. The van der Waals surface area contributed by atoms with Crippen LogP contribution in [0.1, 0.15) is 36.0 Å². The minimum absolute atomic E-state index is 0.118. The monoisotopic (exact) mass is 373 g/mol. The zero-order valence-corrected chi connectivity index (χ0v) is 16.2. The maximum atomic E-state index is 13.1. The number of halogens is 2. The lowest BCUT2D eigenvalue weighted by Crippen LogP contribution is -2.29. The van der Waals surface area contributed by atoms with Gasteiger partial charge in [0.05, 0.1) is 5.82 Å². The van der Waals surface area contributed by atoms with E-state index in [4.69, 9.17) is 5.73 Å². The van der Waals surface area contributed by atoms with Gasteiger partial charge in [0.2, 0.25) is 0 Å². The van der Waals surface area contributed by atoms with Crippen molar-refractivity contribution in [1.29, 1.82) is 0 Å². The van der Waals surface area contributed by atoms with Crippen LogP contribution in [0.2, 0.25) is 0 Å². The Kier molecular flexibility index (Phi) is 7.80. The number of nitrogens with two attached hydrogens (primary N) is 1. The molecule has 0 spiro atoms. The number of hydrogen-bond donors (Lipinski definition) is 2. The zero-order chi connectivity index (χ0) is 19.8. The Balaban J connectivity index is 0.000000199. The van der Waals surface area contributed by atoms with Crippen LogP contribution in [-0.2, 0) is 6.54 Å². The summed E-state index contributed by atoms with van der Waals surface area (Å²) in [4.78, 5) is 2.42. The van der Waals surface area contributed by atoms with E-state index in [9.17, 15) is 8.78 Å². The number of aryl methyl sites for hydroxylation is 2. The summed E-state index contributed by atoms with van der Waals surface area (Å²) in [5.41, 5.74) is 9.24. The minimum Gasteiger partial charge on any atom is -0.386 e. The molecule has 1 heterocycles. The number of piperidine rings is 1. The lowest BCUT2D eigenvalue weighted by molar-refractivity contribution is 0.220. The van der Waals surface area contributed by atoms with Gasteiger partial charge in [-0.25, -0.2) is 8.78 Å². The fourth-order valence-corrected chi connectivity index (χ4v) is 3.07. The third-order valence-electron chi connectivity index (χ3n) is 4.65. The molecule has 27 heavy (non-hydrogen) atoms. The van der Waals surface area contributed by atoms with Gasteiger partial charge >= 0.3 is 0 Å². The molecule has 0 radical (unpaired) electrons. The Morgan fingerprint density at radius 3 is 2.22 bits per heavy atom. The van der Waals surface area contributed by atoms with Crippen LogP contribution in [0.15, 0.2) is 48.8 Å². The predicted octanol–water partition coefficient (Wildman–Crippen LogP) is 5.10. The maximum absolute atomic E-state index is 13.1. The number of rotatable bonds is 4. The molecule has 5 heteroatoms. The van der Waals surface area contributed by atoms with E-state index < -0.39 is 0 Å². The van der Waals surface area contributed by atoms with Crippen molar-refractivity contribution in [2.75, 3.05) is 18.4 Å². The second kappa shape index (κ2) is 10.1. The SMILES string of the molecule is C=C(N)Nc1cc(F)ccc1C.Cc1ccc(F)cc1CN1CCCCC1. The Bertz CT molecular complexity index is 768. The van der Waals surface area contributed by atoms with Gasteiger partial charge in [-0.3, -0.25) is 4.90 Å². The number of hydrogen-bond acceptors (Lipinski definition) is 3. The first-order chi connectivity index (χ1) is 12.8. The summed E-state index contributed by atoms with van der Waals surface area (Å²) in [7, 11) is 0. The molecular formula is C22H29F2N3. The van der Waals surface area contributed by atoms with E-state index in [-0.39, 0.29) is 11.6 Å². The first-order valence-electron chi connectivity index (χ1n) is 9.30. The van der Waals surface area contributed by atoms with E-state index in [1.165, 1.54) is 43.0 Å². The maximum Gasteiger partial charge on any atom is 0.125 e. The van der Waals surface area contributed by atoms with Crippen molar-refractivity contribution in [1.82, 2.24) is 4.90 Å². The zero-order valence-electron chi connectivity index (χ0n) is 16.2. The highest BCUT2D eigenvalue weighted by Gasteiger charge is 2.11. The Morgan fingerprint density at radius 2 is 1.59 bits per heavy atom. The van der Waals surface area contributed by atoms with Crippen molar-refractivity contribution in [3.63, 3.8) is 0 Å². The van der Waals surface area contributed by atoms with Gasteiger partial charge in [-0.1, -0.05) is 25.1 Å². The van der Waals surface area contributed by atoms with Crippen LogP contribution in [0.4, 0.5) is 14.5 Å². The highest BCUT2D eigenvalue weighted by Crippen LogP contribution is 2.17. The van der Waals surface area contributed by atoms with Crippen molar-refractivity contribution in [2.45, 2.75) is 39.7 Å². The van der Waals surface area contributed by atoms with Gasteiger partial charge in [0.15, 0.2) is 0 Å². The van der Waals surface area contributed by atoms with Gasteiger partial charge in [-0.15, -0.1) is 0 Å². The fraction of sp³-hybridized carbons (Fsp3) is 0.364. The van der Waals surface area contributed by atoms with Gasteiger partial charge in [-0.2, -0.15) is 0 Å². The lowest BCUT2D eigenvalue weighted by atomic mass is 10.1. The summed E-state index contributed by atoms with van der Waals surface area (Å²) in [5.74, 6) is -0.0966. The normalized spacial score (nSPS) is 14.2. The molecule has 2 aromatic carbocycles. The molecule has 1 aliphatic heterocycles. The van der Waals surface area contributed by atoms with Gasteiger partial charge in [-0.05, 0) is 80.7 Å². The molecule has 3 nitrogen and oxygen atoms in total. The standard InChI is InChI=1S/C13H18FN.C9H11FN2/c1-11-5-6-13(14)9-12(11)10-15-7-3-2-4-8-15;1-6-3-4-8(10)5-9(6)12-7(2)11/h5-6,9H,2-4,7-8,10H2,1H3;3-5,12H,2,11H2,1H3. The molecule has 146 valence electrons. The molecule has 1 aliphatic rings. The highest BCUT2D eigenvalue weighted by atomic mass is 19.1. The quantitative estimate of drug-likeness (QED) is 0.784. The molecule has 1 fully saturated rings. The van der Waals surface area contributed by atoms with Gasteiger partial charge in [0, 0.05) is 12.2 Å². The summed E-state index contributed by atoms with van der Waals surface area (Å²) in [6, 6.07) is 9.54. The van der Waals surface area contributed by atoms with Crippen molar-refractivity contribution < 1.29 is 8.78 Å². The molecule has 0 bridgehead atoms.